The van der Waals surface area contributed by atoms with E-state index in [-0.39, 0.29) is 5.91 Å². The fourth-order valence-electron chi connectivity index (χ4n) is 0.602. The van der Waals surface area contributed by atoms with Gasteiger partial charge in [0.25, 0.3) is 0 Å². The van der Waals surface area contributed by atoms with Crippen LogP contribution in [0.5, 0.6) is 0 Å². The first-order chi connectivity index (χ1) is 5.57. The lowest BCUT2D eigenvalue weighted by molar-refractivity contribution is -0.120. The first-order valence-corrected chi connectivity index (χ1v) is 5.23. The topological polar surface area (TPSA) is 55.1 Å². The van der Waals surface area contributed by atoms with Gasteiger partial charge in [-0.25, -0.2) is 5.84 Å². The Balaban J connectivity index is 3.37. The van der Waals surface area contributed by atoms with Crippen molar-refractivity contribution in [2.24, 2.45) is 11.8 Å². The fourth-order valence-corrected chi connectivity index (χ4v) is 1.66. The number of carbonyl (C=O) groups excluding carboxylic acids is 1. The average molecular weight is 190 g/mol. The Morgan fingerprint density at radius 2 is 2.08 bits per heavy atom. The summed E-state index contributed by atoms with van der Waals surface area (Å²) in [6, 6.07) is 0. The normalized spacial score (nSPS) is 13.1. The van der Waals surface area contributed by atoms with Gasteiger partial charge in [-0.05, 0) is 5.92 Å². The summed E-state index contributed by atoms with van der Waals surface area (Å²) >= 11 is 1.81. The lowest BCUT2D eigenvalue weighted by Crippen LogP contribution is -2.30. The number of hydrogen-bond donors (Lipinski definition) is 2. The van der Waals surface area contributed by atoms with Crippen molar-refractivity contribution in [3.63, 3.8) is 0 Å². The highest BCUT2D eigenvalue weighted by atomic mass is 32.2. The van der Waals surface area contributed by atoms with Gasteiger partial charge in [-0.3, -0.25) is 10.2 Å². The summed E-state index contributed by atoms with van der Waals surface area (Å²) in [7, 11) is 0. The first kappa shape index (κ1) is 11.8. The standard InChI is InChI=1S/C8H18N2OS/c1-6(2)7(3)12-5-4-8(11)10-9/h6-7H,4-5,9H2,1-3H3,(H,10,11). The van der Waals surface area contributed by atoms with Gasteiger partial charge in [0.05, 0.1) is 0 Å². The average Bonchev–Trinajstić information content (AvgIpc) is 2.03. The monoisotopic (exact) mass is 190 g/mol. The van der Waals surface area contributed by atoms with Gasteiger partial charge in [-0.1, -0.05) is 20.8 Å². The molecule has 4 heteroatoms. The largest absolute Gasteiger partial charge is 0.294 e. The minimum atomic E-state index is -0.0848. The quantitative estimate of drug-likeness (QED) is 0.388. The van der Waals surface area contributed by atoms with Crippen LogP contribution in [0.25, 0.3) is 0 Å². The van der Waals surface area contributed by atoms with Crippen molar-refractivity contribution in [1.29, 1.82) is 0 Å². The summed E-state index contributed by atoms with van der Waals surface area (Å²) in [5, 5.41) is 0.607. The maximum Gasteiger partial charge on any atom is 0.234 e. The summed E-state index contributed by atoms with van der Waals surface area (Å²) in [6.45, 7) is 6.54. The van der Waals surface area contributed by atoms with Crippen LogP contribution < -0.4 is 11.3 Å². The molecule has 0 aliphatic rings. The van der Waals surface area contributed by atoms with Gasteiger partial charge in [0, 0.05) is 17.4 Å². The molecule has 0 bridgehead atoms. The van der Waals surface area contributed by atoms with Crippen LogP contribution in [0.15, 0.2) is 0 Å². The zero-order valence-corrected chi connectivity index (χ0v) is 8.78. The smallest absolute Gasteiger partial charge is 0.234 e. The van der Waals surface area contributed by atoms with Crippen LogP contribution in [-0.4, -0.2) is 16.9 Å². The number of rotatable bonds is 5. The minimum absolute atomic E-state index is 0.0848. The molecular formula is C8H18N2OS. The molecule has 0 aromatic heterocycles. The molecule has 0 aliphatic carbocycles. The predicted molar refractivity (Wildman–Crippen MR) is 53.7 cm³/mol. The molecule has 0 saturated heterocycles. The van der Waals surface area contributed by atoms with Crippen LogP contribution in [0.1, 0.15) is 27.2 Å². The Morgan fingerprint density at radius 3 is 2.50 bits per heavy atom. The highest BCUT2D eigenvalue weighted by Crippen LogP contribution is 2.18. The SMILES string of the molecule is CC(C)C(C)SCCC(=O)NN. The van der Waals surface area contributed by atoms with E-state index in [1.807, 2.05) is 11.8 Å². The number of thioether (sulfide) groups is 1. The van der Waals surface area contributed by atoms with Crippen molar-refractivity contribution in [2.75, 3.05) is 5.75 Å². The Bertz CT molecular complexity index is 139. The number of amides is 1. The van der Waals surface area contributed by atoms with Gasteiger partial charge in [0.2, 0.25) is 5.91 Å². The summed E-state index contributed by atoms with van der Waals surface area (Å²) in [4.78, 5) is 10.7. The minimum Gasteiger partial charge on any atom is -0.294 e. The fraction of sp³-hybridized carbons (Fsp3) is 0.875. The van der Waals surface area contributed by atoms with Gasteiger partial charge in [0.1, 0.15) is 0 Å². The van der Waals surface area contributed by atoms with Gasteiger partial charge >= 0.3 is 0 Å². The molecule has 1 amide bonds. The molecule has 0 spiro atoms. The molecule has 0 aromatic carbocycles. The molecule has 0 aromatic rings. The molecule has 1 unspecified atom stereocenters. The Morgan fingerprint density at radius 1 is 1.50 bits per heavy atom. The number of carbonyl (C=O) groups is 1. The number of hydrazine groups is 1. The van der Waals surface area contributed by atoms with E-state index in [1.165, 1.54) is 0 Å². The van der Waals surface area contributed by atoms with E-state index in [9.17, 15) is 4.79 Å². The molecule has 72 valence electrons. The van der Waals surface area contributed by atoms with Gasteiger partial charge in [-0.2, -0.15) is 11.8 Å². The number of hydrogen-bond acceptors (Lipinski definition) is 3. The Hall–Kier alpha value is -0.220. The second-order valence-corrected chi connectivity index (χ2v) is 4.62. The summed E-state index contributed by atoms with van der Waals surface area (Å²) < 4.78 is 0. The lowest BCUT2D eigenvalue weighted by Gasteiger charge is -2.13. The maximum absolute atomic E-state index is 10.7. The molecular weight excluding hydrogens is 172 g/mol. The molecule has 0 radical (unpaired) electrons. The molecule has 0 aliphatic heterocycles. The predicted octanol–water partition coefficient (Wildman–Crippen LogP) is 1.14. The van der Waals surface area contributed by atoms with E-state index in [2.05, 4.69) is 26.2 Å². The molecule has 3 N–H and O–H groups in total. The summed E-state index contributed by atoms with van der Waals surface area (Å²) in [5.74, 6) is 6.37. The second-order valence-electron chi connectivity index (χ2n) is 3.14. The molecule has 0 fully saturated rings. The maximum atomic E-state index is 10.7. The van der Waals surface area contributed by atoms with Gasteiger partial charge < -0.3 is 0 Å². The third-order valence-electron chi connectivity index (χ3n) is 1.81. The zero-order chi connectivity index (χ0) is 9.56. The van der Waals surface area contributed by atoms with E-state index in [0.717, 1.165) is 5.75 Å². The van der Waals surface area contributed by atoms with E-state index in [4.69, 9.17) is 5.84 Å². The van der Waals surface area contributed by atoms with E-state index >= 15 is 0 Å². The van der Waals surface area contributed by atoms with Crippen LogP contribution in [0.2, 0.25) is 0 Å². The third-order valence-corrected chi connectivity index (χ3v) is 3.32. The van der Waals surface area contributed by atoms with Crippen molar-refractivity contribution in [3.05, 3.63) is 0 Å². The van der Waals surface area contributed by atoms with E-state index in [1.54, 1.807) is 0 Å². The van der Waals surface area contributed by atoms with Crippen molar-refractivity contribution in [1.82, 2.24) is 5.43 Å². The van der Waals surface area contributed by atoms with Gasteiger partial charge in [0.15, 0.2) is 0 Å². The Kier molecular flexibility index (Phi) is 6.20. The second kappa shape index (κ2) is 6.31. The number of nitrogens with two attached hydrogens (primary N) is 1. The summed E-state index contributed by atoms with van der Waals surface area (Å²) in [5.41, 5.74) is 2.12. The van der Waals surface area contributed by atoms with Crippen LogP contribution in [0.3, 0.4) is 0 Å². The molecule has 0 saturated carbocycles. The van der Waals surface area contributed by atoms with Crippen LogP contribution >= 0.6 is 11.8 Å². The van der Waals surface area contributed by atoms with Crippen molar-refractivity contribution >= 4 is 17.7 Å². The van der Waals surface area contributed by atoms with Crippen molar-refractivity contribution in [2.45, 2.75) is 32.4 Å². The number of nitrogens with one attached hydrogen (secondary N) is 1. The summed E-state index contributed by atoms with van der Waals surface area (Å²) in [6.07, 6.45) is 0.512. The van der Waals surface area contributed by atoms with Crippen LogP contribution in [0, 0.1) is 5.92 Å². The molecule has 3 nitrogen and oxygen atoms in total. The van der Waals surface area contributed by atoms with Crippen molar-refractivity contribution in [3.8, 4) is 0 Å². The van der Waals surface area contributed by atoms with Gasteiger partial charge in [-0.15, -0.1) is 0 Å². The highest BCUT2D eigenvalue weighted by Gasteiger charge is 2.07. The molecule has 0 heterocycles. The van der Waals surface area contributed by atoms with E-state index in [0.29, 0.717) is 17.6 Å². The lowest BCUT2D eigenvalue weighted by atomic mass is 10.2. The van der Waals surface area contributed by atoms with Crippen molar-refractivity contribution < 1.29 is 4.79 Å². The van der Waals surface area contributed by atoms with Crippen LogP contribution in [0.4, 0.5) is 0 Å². The molecule has 12 heavy (non-hydrogen) atoms. The van der Waals surface area contributed by atoms with Crippen LogP contribution in [-0.2, 0) is 4.79 Å². The van der Waals surface area contributed by atoms with E-state index < -0.39 is 0 Å². The first-order valence-electron chi connectivity index (χ1n) is 4.19. The highest BCUT2D eigenvalue weighted by molar-refractivity contribution is 7.99. The molecule has 1 atom stereocenters. The molecule has 0 rings (SSSR count). The Labute approximate surface area is 78.4 Å². The third kappa shape index (κ3) is 5.43. The zero-order valence-electron chi connectivity index (χ0n) is 7.96.